The lowest BCUT2D eigenvalue weighted by Crippen LogP contribution is -2.33. The molecule has 0 saturated heterocycles. The molecule has 6 nitrogen and oxygen atoms in total. The number of nitrogens with two attached hydrogens (primary N) is 1. The molecule has 10 heteroatoms. The summed E-state index contributed by atoms with van der Waals surface area (Å²) in [6, 6.07) is 1.53. The van der Waals surface area contributed by atoms with Crippen LogP contribution in [0.15, 0.2) is 29.1 Å². The molecule has 154 valence electrons. The Balaban J connectivity index is 1.69. The van der Waals surface area contributed by atoms with E-state index in [1.807, 2.05) is 6.92 Å². The van der Waals surface area contributed by atoms with E-state index in [1.54, 1.807) is 10.6 Å². The number of halogens is 4. The summed E-state index contributed by atoms with van der Waals surface area (Å²) >= 11 is 3.02. The molecule has 3 N–H and O–H groups in total. The fourth-order valence-corrected chi connectivity index (χ4v) is 4.15. The number of fused-ring (bicyclic) bond motifs is 1. The number of anilines is 1. The van der Waals surface area contributed by atoms with Crippen LogP contribution in [0.4, 0.5) is 19.1 Å². The van der Waals surface area contributed by atoms with E-state index < -0.39 is 11.7 Å². The topological polar surface area (TPSA) is 81.1 Å². The summed E-state index contributed by atoms with van der Waals surface area (Å²) in [6.45, 7) is 1.86. The molecular formula is C19H20BrF3N6. The van der Waals surface area contributed by atoms with Crippen molar-refractivity contribution in [1.29, 1.82) is 0 Å². The van der Waals surface area contributed by atoms with E-state index in [-0.39, 0.29) is 22.2 Å². The summed E-state index contributed by atoms with van der Waals surface area (Å²) in [7, 11) is 0. The lowest BCUT2D eigenvalue weighted by molar-refractivity contribution is -0.138. The molecule has 0 aromatic carbocycles. The number of nitrogens with zero attached hydrogens (tertiary/aromatic N) is 4. The van der Waals surface area contributed by atoms with Gasteiger partial charge in [0.1, 0.15) is 5.65 Å². The standard InChI is InChI=1S/C19H20BrF3N6/c1-10-7-26-18(27-12-4-2-11(24)3-5-12)28-17(10)15-8-25-16-6-13(19(21,22)23)14(20)9-29(15)16/h6-9,11-12H,2-5,24H2,1H3,(H,26,27,28)/t11-,12-. The Morgan fingerprint density at radius 3 is 2.59 bits per heavy atom. The maximum atomic E-state index is 13.2. The molecule has 0 spiro atoms. The van der Waals surface area contributed by atoms with Crippen LogP contribution in [0.5, 0.6) is 0 Å². The molecule has 0 radical (unpaired) electrons. The SMILES string of the molecule is Cc1cnc(N[C@H]2CC[C@H](N)CC2)nc1-c1cnc2cc(C(F)(F)F)c(Br)cn12. The molecule has 1 aliphatic rings. The zero-order valence-electron chi connectivity index (χ0n) is 15.7. The summed E-state index contributed by atoms with van der Waals surface area (Å²) < 4.78 is 41.0. The highest BCUT2D eigenvalue weighted by atomic mass is 79.9. The maximum absolute atomic E-state index is 13.2. The van der Waals surface area contributed by atoms with Crippen molar-refractivity contribution in [3.63, 3.8) is 0 Å². The maximum Gasteiger partial charge on any atom is 0.417 e. The van der Waals surface area contributed by atoms with Gasteiger partial charge >= 0.3 is 6.18 Å². The van der Waals surface area contributed by atoms with Gasteiger partial charge in [-0.15, -0.1) is 0 Å². The van der Waals surface area contributed by atoms with Gasteiger partial charge in [0.05, 0.1) is 23.1 Å². The second-order valence-electron chi connectivity index (χ2n) is 7.39. The van der Waals surface area contributed by atoms with Crippen molar-refractivity contribution in [2.75, 3.05) is 5.32 Å². The first kappa shape index (κ1) is 20.1. The Hall–Kier alpha value is -2.20. The van der Waals surface area contributed by atoms with E-state index in [2.05, 4.69) is 36.2 Å². The zero-order valence-corrected chi connectivity index (χ0v) is 17.3. The van der Waals surface area contributed by atoms with Gasteiger partial charge in [0.2, 0.25) is 5.95 Å². The average Bonchev–Trinajstić information content (AvgIpc) is 3.06. The van der Waals surface area contributed by atoms with Crippen molar-refractivity contribution < 1.29 is 13.2 Å². The summed E-state index contributed by atoms with van der Waals surface area (Å²) in [6.07, 6.45) is 3.97. The number of pyridine rings is 1. The Bertz CT molecular complexity index is 1040. The second kappa shape index (κ2) is 7.56. The number of rotatable bonds is 3. The molecule has 4 rings (SSSR count). The first-order valence-corrected chi connectivity index (χ1v) is 10.1. The molecule has 1 aliphatic carbocycles. The first-order chi connectivity index (χ1) is 13.7. The molecule has 0 aliphatic heterocycles. The molecule has 3 aromatic heterocycles. The van der Waals surface area contributed by atoms with Gasteiger partial charge < -0.3 is 11.1 Å². The molecule has 1 fully saturated rings. The van der Waals surface area contributed by atoms with E-state index in [0.29, 0.717) is 17.3 Å². The lowest BCUT2D eigenvalue weighted by Gasteiger charge is -2.26. The summed E-state index contributed by atoms with van der Waals surface area (Å²) in [5, 5.41) is 3.35. The van der Waals surface area contributed by atoms with Crippen LogP contribution in [0.25, 0.3) is 17.0 Å². The van der Waals surface area contributed by atoms with E-state index in [0.717, 1.165) is 37.3 Å². The molecule has 0 unspecified atom stereocenters. The van der Waals surface area contributed by atoms with Gasteiger partial charge in [-0.05, 0) is 60.2 Å². The summed E-state index contributed by atoms with van der Waals surface area (Å²) in [5.41, 5.74) is 7.42. The molecule has 0 atom stereocenters. The number of hydrogen-bond donors (Lipinski definition) is 2. The minimum absolute atomic E-state index is 0.0552. The number of imidazole rings is 1. The van der Waals surface area contributed by atoms with Crippen molar-refractivity contribution >= 4 is 27.5 Å². The van der Waals surface area contributed by atoms with Crippen LogP contribution in [0.1, 0.15) is 36.8 Å². The predicted molar refractivity (Wildman–Crippen MR) is 108 cm³/mol. The Morgan fingerprint density at radius 1 is 1.17 bits per heavy atom. The monoisotopic (exact) mass is 468 g/mol. The van der Waals surface area contributed by atoms with Crippen LogP contribution in [0.2, 0.25) is 0 Å². The highest BCUT2D eigenvalue weighted by Crippen LogP contribution is 2.36. The average molecular weight is 469 g/mol. The van der Waals surface area contributed by atoms with Crippen molar-refractivity contribution in [2.45, 2.75) is 50.9 Å². The summed E-state index contributed by atoms with van der Waals surface area (Å²) in [5.74, 6) is 0.493. The van der Waals surface area contributed by atoms with Crippen molar-refractivity contribution in [3.8, 4) is 11.4 Å². The fourth-order valence-electron chi connectivity index (χ4n) is 3.61. The highest BCUT2D eigenvalue weighted by Gasteiger charge is 2.34. The van der Waals surface area contributed by atoms with E-state index in [1.165, 1.54) is 12.4 Å². The third kappa shape index (κ3) is 4.09. The number of aryl methyl sites for hydroxylation is 1. The molecular weight excluding hydrogens is 449 g/mol. The van der Waals surface area contributed by atoms with Gasteiger partial charge in [0.25, 0.3) is 0 Å². The van der Waals surface area contributed by atoms with Crippen molar-refractivity contribution in [2.24, 2.45) is 5.73 Å². The predicted octanol–water partition coefficient (Wildman–Crippen LogP) is 4.56. The summed E-state index contributed by atoms with van der Waals surface area (Å²) in [4.78, 5) is 13.1. The van der Waals surface area contributed by atoms with E-state index >= 15 is 0 Å². The van der Waals surface area contributed by atoms with Gasteiger partial charge in [0, 0.05) is 29.0 Å². The van der Waals surface area contributed by atoms with E-state index in [9.17, 15) is 13.2 Å². The first-order valence-electron chi connectivity index (χ1n) is 9.32. The zero-order chi connectivity index (χ0) is 20.8. The largest absolute Gasteiger partial charge is 0.417 e. The number of aromatic nitrogens is 4. The van der Waals surface area contributed by atoms with Crippen molar-refractivity contribution in [1.82, 2.24) is 19.4 Å². The highest BCUT2D eigenvalue weighted by molar-refractivity contribution is 9.10. The Labute approximate surface area is 173 Å². The fraction of sp³-hybridized carbons (Fsp3) is 0.421. The van der Waals surface area contributed by atoms with Gasteiger partial charge in [-0.3, -0.25) is 4.40 Å². The second-order valence-corrected chi connectivity index (χ2v) is 8.24. The number of nitrogens with one attached hydrogen (secondary N) is 1. The molecule has 29 heavy (non-hydrogen) atoms. The van der Waals surface area contributed by atoms with Crippen molar-refractivity contribution in [3.05, 3.63) is 40.3 Å². The molecule has 1 saturated carbocycles. The molecule has 3 heterocycles. The molecule has 0 bridgehead atoms. The van der Waals surface area contributed by atoms with E-state index in [4.69, 9.17) is 5.73 Å². The minimum Gasteiger partial charge on any atom is -0.351 e. The van der Waals surface area contributed by atoms with Crippen LogP contribution in [-0.2, 0) is 6.18 Å². The molecule has 0 amide bonds. The number of alkyl halides is 3. The Morgan fingerprint density at radius 2 is 1.90 bits per heavy atom. The third-order valence-corrected chi connectivity index (χ3v) is 5.86. The van der Waals surface area contributed by atoms with Crippen LogP contribution in [-0.4, -0.2) is 31.4 Å². The smallest absolute Gasteiger partial charge is 0.351 e. The van der Waals surface area contributed by atoms with Gasteiger partial charge in [-0.25, -0.2) is 15.0 Å². The van der Waals surface area contributed by atoms with Crippen LogP contribution < -0.4 is 11.1 Å². The van der Waals surface area contributed by atoms with Gasteiger partial charge in [0.15, 0.2) is 0 Å². The van der Waals surface area contributed by atoms with Gasteiger partial charge in [-0.1, -0.05) is 0 Å². The quantitative estimate of drug-likeness (QED) is 0.588. The lowest BCUT2D eigenvalue weighted by atomic mass is 9.92. The van der Waals surface area contributed by atoms with Crippen LogP contribution in [0.3, 0.4) is 0 Å². The Kier molecular flexibility index (Phi) is 5.24. The van der Waals surface area contributed by atoms with Crippen LogP contribution in [0, 0.1) is 6.92 Å². The normalized spacial score (nSPS) is 20.2. The minimum atomic E-state index is -4.46. The number of hydrogen-bond acceptors (Lipinski definition) is 5. The van der Waals surface area contributed by atoms with Crippen LogP contribution >= 0.6 is 15.9 Å². The molecule has 3 aromatic rings. The third-order valence-electron chi connectivity index (χ3n) is 5.22. The van der Waals surface area contributed by atoms with Gasteiger partial charge in [-0.2, -0.15) is 13.2 Å².